The second kappa shape index (κ2) is 1.90. The van der Waals surface area contributed by atoms with Crippen LogP contribution in [0.3, 0.4) is 0 Å². The van der Waals surface area contributed by atoms with Crippen molar-refractivity contribution >= 4 is 11.6 Å². The lowest BCUT2D eigenvalue weighted by Crippen LogP contribution is -2.42. The highest BCUT2D eigenvalue weighted by Gasteiger charge is 2.96. The molecule has 1 saturated heterocycles. The molecule has 3 N–H and O–H groups in total. The Balaban J connectivity index is 2.53. The van der Waals surface area contributed by atoms with Gasteiger partial charge in [0, 0.05) is 5.41 Å². The Morgan fingerprint density at radius 3 is 1.85 bits per heavy atom. The summed E-state index contributed by atoms with van der Waals surface area (Å²) in [5.41, 5.74) is -4.10. The van der Waals surface area contributed by atoms with Gasteiger partial charge in [-0.15, -0.1) is 0 Å². The number of alkyl halides is 1. The highest BCUT2D eigenvalue weighted by molar-refractivity contribution is 6.23. The van der Waals surface area contributed by atoms with Crippen LogP contribution in [0.2, 0.25) is 0 Å². The van der Waals surface area contributed by atoms with Crippen molar-refractivity contribution in [2.75, 3.05) is 0 Å². The minimum Gasteiger partial charge on any atom is -0.383 e. The fourth-order valence-corrected chi connectivity index (χ4v) is 3.20. The van der Waals surface area contributed by atoms with Gasteiger partial charge in [0.2, 0.25) is 0 Å². The Kier molecular flexibility index (Phi) is 1.41. The predicted molar refractivity (Wildman–Crippen MR) is 45.0 cm³/mol. The molecular weight excluding hydrogens is 196 g/mol. The van der Waals surface area contributed by atoms with E-state index < -0.39 is 28.0 Å². The summed E-state index contributed by atoms with van der Waals surface area (Å²) >= 11 is 5.59. The Morgan fingerprint density at radius 1 is 1.23 bits per heavy atom. The van der Waals surface area contributed by atoms with Gasteiger partial charge in [-0.3, -0.25) is 0 Å². The van der Waals surface area contributed by atoms with Gasteiger partial charge in [0.05, 0.1) is 6.10 Å². The lowest BCUT2D eigenvalue weighted by molar-refractivity contribution is -0.209. The first-order chi connectivity index (χ1) is 5.63. The minimum absolute atomic E-state index is 0.685. The number of halogens is 1. The van der Waals surface area contributed by atoms with E-state index in [4.69, 9.17) is 16.3 Å². The molecule has 5 heteroatoms. The van der Waals surface area contributed by atoms with Gasteiger partial charge in [-0.05, 0) is 6.92 Å². The third-order valence-electron chi connectivity index (χ3n) is 3.71. The molecule has 1 unspecified atom stereocenters. The van der Waals surface area contributed by atoms with E-state index in [0.29, 0.717) is 0 Å². The van der Waals surface area contributed by atoms with Gasteiger partial charge in [-0.25, -0.2) is 0 Å². The van der Waals surface area contributed by atoms with Crippen LogP contribution in [0.15, 0.2) is 0 Å². The summed E-state index contributed by atoms with van der Waals surface area (Å²) in [4.78, 5) is 0. The van der Waals surface area contributed by atoms with Crippen molar-refractivity contribution in [2.24, 2.45) is 5.41 Å². The van der Waals surface area contributed by atoms with Crippen LogP contribution in [0.5, 0.6) is 0 Å². The van der Waals surface area contributed by atoms with Crippen LogP contribution in [0.25, 0.3) is 0 Å². The van der Waals surface area contributed by atoms with Crippen molar-refractivity contribution in [3.8, 4) is 0 Å². The molecule has 13 heavy (non-hydrogen) atoms. The van der Waals surface area contributed by atoms with Gasteiger partial charge in [0.25, 0.3) is 5.25 Å². The molecule has 76 valence electrons. The number of hydrogen-bond donors (Lipinski definition) is 3. The maximum absolute atomic E-state index is 10.0. The molecule has 4 nitrogen and oxygen atoms in total. The molecule has 0 aromatic heterocycles. The lowest BCUT2D eigenvalue weighted by atomic mass is 10.0. The standard InChI is InChI=1S/C8H13ClO4/c1-4-6(10)5(2,3)7(6,11)8(9,12)13-4/h4,10-12H,1-3H3/t4-,6+,7-,8?/m1/s1. The maximum Gasteiger partial charge on any atom is 0.280 e. The predicted octanol–water partition coefficient (Wildman–Crippen LogP) is -0.208. The monoisotopic (exact) mass is 208 g/mol. The third kappa shape index (κ3) is 0.611. The van der Waals surface area contributed by atoms with E-state index >= 15 is 0 Å². The summed E-state index contributed by atoms with van der Waals surface area (Å²) in [6, 6.07) is 0. The molecule has 0 aromatic carbocycles. The number of fused-ring (bicyclic) bond motifs is 1. The summed E-state index contributed by atoms with van der Waals surface area (Å²) in [6.07, 6.45) is -0.685. The molecule has 1 heterocycles. The van der Waals surface area contributed by atoms with E-state index in [9.17, 15) is 15.3 Å². The lowest BCUT2D eigenvalue weighted by Gasteiger charge is -2.27. The largest absolute Gasteiger partial charge is 0.383 e. The topological polar surface area (TPSA) is 69.9 Å². The summed E-state index contributed by atoms with van der Waals surface area (Å²) in [5, 5.41) is 27.4. The van der Waals surface area contributed by atoms with E-state index in [0.717, 1.165) is 0 Å². The number of rotatable bonds is 0. The van der Waals surface area contributed by atoms with Crippen LogP contribution >= 0.6 is 11.6 Å². The van der Waals surface area contributed by atoms with E-state index in [-0.39, 0.29) is 0 Å². The SMILES string of the molecule is C[C@H]1OC(O)(Cl)[C@@]2(O)C(C)(C)[C@@]12O. The molecule has 0 radical (unpaired) electrons. The third-order valence-corrected chi connectivity index (χ3v) is 4.08. The fourth-order valence-electron chi connectivity index (χ4n) is 2.69. The Labute approximate surface area is 81.1 Å². The van der Waals surface area contributed by atoms with E-state index in [1.807, 2.05) is 0 Å². The quantitative estimate of drug-likeness (QED) is 0.482. The zero-order valence-electron chi connectivity index (χ0n) is 7.71. The Bertz CT molecular complexity index is 267. The summed E-state index contributed by atoms with van der Waals surface area (Å²) in [7, 11) is 0. The summed E-state index contributed by atoms with van der Waals surface area (Å²) in [6.45, 7) is 4.85. The molecule has 1 aliphatic heterocycles. The zero-order valence-corrected chi connectivity index (χ0v) is 8.46. The molecule has 0 aromatic rings. The van der Waals surface area contributed by atoms with Crippen molar-refractivity contribution in [1.82, 2.24) is 0 Å². The number of hydrogen-bond acceptors (Lipinski definition) is 4. The average molecular weight is 209 g/mol. The fraction of sp³-hybridized carbons (Fsp3) is 1.00. The maximum atomic E-state index is 10.0. The normalized spacial score (nSPS) is 63.5. The summed E-state index contributed by atoms with van der Waals surface area (Å²) < 4.78 is 4.87. The molecule has 4 atom stereocenters. The highest BCUT2D eigenvalue weighted by atomic mass is 35.5. The van der Waals surface area contributed by atoms with Gasteiger partial charge >= 0.3 is 0 Å². The van der Waals surface area contributed by atoms with Gasteiger partial charge in [0.1, 0.15) is 5.60 Å². The molecule has 1 aliphatic carbocycles. The van der Waals surface area contributed by atoms with Crippen molar-refractivity contribution < 1.29 is 20.1 Å². The first-order valence-corrected chi connectivity index (χ1v) is 4.54. The first kappa shape index (κ1) is 9.68. The van der Waals surface area contributed by atoms with Crippen molar-refractivity contribution in [3.63, 3.8) is 0 Å². The molecular formula is C8H13ClO4. The summed E-state index contributed by atoms with van der Waals surface area (Å²) in [5.74, 6) is 0. The minimum atomic E-state index is -2.19. The van der Waals surface area contributed by atoms with Crippen molar-refractivity contribution in [2.45, 2.75) is 43.3 Å². The van der Waals surface area contributed by atoms with E-state index in [1.165, 1.54) is 0 Å². The molecule has 2 aliphatic rings. The van der Waals surface area contributed by atoms with Crippen LogP contribution in [0.1, 0.15) is 20.8 Å². The van der Waals surface area contributed by atoms with Gasteiger partial charge in [-0.1, -0.05) is 25.4 Å². The van der Waals surface area contributed by atoms with Gasteiger partial charge in [-0.2, -0.15) is 0 Å². The van der Waals surface area contributed by atoms with Crippen LogP contribution in [-0.2, 0) is 4.74 Å². The van der Waals surface area contributed by atoms with E-state index in [2.05, 4.69) is 0 Å². The van der Waals surface area contributed by atoms with Crippen LogP contribution < -0.4 is 0 Å². The van der Waals surface area contributed by atoms with E-state index in [1.54, 1.807) is 20.8 Å². The smallest absolute Gasteiger partial charge is 0.280 e. The van der Waals surface area contributed by atoms with Gasteiger partial charge in [0.15, 0.2) is 5.60 Å². The molecule has 2 fully saturated rings. The molecule has 0 spiro atoms. The highest BCUT2D eigenvalue weighted by Crippen LogP contribution is 2.76. The Hall–Kier alpha value is 0.130. The van der Waals surface area contributed by atoms with Crippen LogP contribution in [0, 0.1) is 5.41 Å². The average Bonchev–Trinajstić information content (AvgIpc) is 2.24. The van der Waals surface area contributed by atoms with Gasteiger partial charge < -0.3 is 20.1 Å². The molecule has 1 saturated carbocycles. The molecule has 0 amide bonds. The number of aliphatic hydroxyl groups is 3. The number of ether oxygens (including phenoxy) is 1. The first-order valence-electron chi connectivity index (χ1n) is 4.17. The van der Waals surface area contributed by atoms with Crippen LogP contribution in [0.4, 0.5) is 0 Å². The Morgan fingerprint density at radius 2 is 1.69 bits per heavy atom. The van der Waals surface area contributed by atoms with Crippen LogP contribution in [-0.4, -0.2) is 37.9 Å². The second-order valence-corrected chi connectivity index (χ2v) is 4.94. The second-order valence-electron chi connectivity index (χ2n) is 4.42. The zero-order chi connectivity index (χ0) is 10.3. The van der Waals surface area contributed by atoms with Crippen molar-refractivity contribution in [1.29, 1.82) is 0 Å². The molecule has 2 rings (SSSR count). The molecule has 0 bridgehead atoms. The van der Waals surface area contributed by atoms with Crippen molar-refractivity contribution in [3.05, 3.63) is 0 Å².